The summed E-state index contributed by atoms with van der Waals surface area (Å²) in [5.74, 6) is 0.930. The van der Waals surface area contributed by atoms with Gasteiger partial charge in [-0.05, 0) is 37.6 Å². The molecule has 3 nitrogen and oxygen atoms in total. The van der Waals surface area contributed by atoms with Crippen molar-refractivity contribution >= 4 is 0 Å². The summed E-state index contributed by atoms with van der Waals surface area (Å²) in [6, 6.07) is 12.5. The van der Waals surface area contributed by atoms with Crippen LogP contribution in [-0.2, 0) is 6.42 Å². The normalized spacial score (nSPS) is 12.1. The van der Waals surface area contributed by atoms with Crippen molar-refractivity contribution in [3.05, 3.63) is 59.4 Å². The average molecular weight is 284 g/mol. The fraction of sp³-hybridized carbons (Fsp3) is 0.389. The first-order chi connectivity index (χ1) is 10.3. The van der Waals surface area contributed by atoms with E-state index in [9.17, 15) is 0 Å². The number of ether oxygens (including phenoxy) is 1. The monoisotopic (exact) mass is 284 g/mol. The third kappa shape index (κ3) is 4.05. The second kappa shape index (κ2) is 7.79. The lowest BCUT2D eigenvalue weighted by Crippen LogP contribution is -2.25. The Balaban J connectivity index is 2.28. The van der Waals surface area contributed by atoms with Crippen LogP contribution in [-0.4, -0.2) is 18.6 Å². The molecule has 2 aromatic rings. The molecule has 0 fully saturated rings. The van der Waals surface area contributed by atoms with Crippen LogP contribution < -0.4 is 10.1 Å². The van der Waals surface area contributed by atoms with E-state index in [-0.39, 0.29) is 6.04 Å². The van der Waals surface area contributed by atoms with E-state index in [4.69, 9.17) is 4.74 Å². The van der Waals surface area contributed by atoms with Crippen molar-refractivity contribution in [3.8, 4) is 5.75 Å². The third-order valence-electron chi connectivity index (χ3n) is 3.67. The van der Waals surface area contributed by atoms with Gasteiger partial charge < -0.3 is 10.1 Å². The zero-order chi connectivity index (χ0) is 15.1. The third-order valence-corrected chi connectivity index (χ3v) is 3.67. The van der Waals surface area contributed by atoms with E-state index in [1.54, 1.807) is 7.11 Å². The van der Waals surface area contributed by atoms with Gasteiger partial charge in [0.05, 0.1) is 7.11 Å². The van der Waals surface area contributed by atoms with Crippen molar-refractivity contribution in [2.75, 3.05) is 13.7 Å². The van der Waals surface area contributed by atoms with E-state index in [0.29, 0.717) is 0 Å². The zero-order valence-corrected chi connectivity index (χ0v) is 13.1. The molecule has 1 N–H and O–H groups in total. The van der Waals surface area contributed by atoms with Crippen molar-refractivity contribution in [1.29, 1.82) is 0 Å². The molecule has 0 saturated carbocycles. The number of methoxy groups -OCH3 is 1. The highest BCUT2D eigenvalue weighted by atomic mass is 16.5. The molecule has 0 aliphatic carbocycles. The molecule has 1 unspecified atom stereocenters. The van der Waals surface area contributed by atoms with Crippen LogP contribution in [0.3, 0.4) is 0 Å². The van der Waals surface area contributed by atoms with E-state index in [1.165, 1.54) is 11.1 Å². The van der Waals surface area contributed by atoms with Gasteiger partial charge in [-0.15, -0.1) is 0 Å². The number of aromatic nitrogens is 1. The molecule has 2 rings (SSSR count). The highest BCUT2D eigenvalue weighted by molar-refractivity contribution is 5.37. The second-order valence-electron chi connectivity index (χ2n) is 5.22. The van der Waals surface area contributed by atoms with Gasteiger partial charge in [0.2, 0.25) is 0 Å². The average Bonchev–Trinajstić information content (AvgIpc) is 2.53. The first-order valence-corrected chi connectivity index (χ1v) is 7.53. The van der Waals surface area contributed by atoms with Crippen molar-refractivity contribution in [3.63, 3.8) is 0 Å². The van der Waals surface area contributed by atoms with Gasteiger partial charge in [-0.25, -0.2) is 0 Å². The van der Waals surface area contributed by atoms with Crippen LogP contribution in [0, 0.1) is 6.92 Å². The number of hydrogen-bond acceptors (Lipinski definition) is 3. The van der Waals surface area contributed by atoms with Gasteiger partial charge in [-0.1, -0.05) is 31.2 Å². The van der Waals surface area contributed by atoms with Crippen LogP contribution in [0.5, 0.6) is 5.75 Å². The molecular weight excluding hydrogens is 260 g/mol. The molecule has 0 amide bonds. The molecule has 0 radical (unpaired) electrons. The summed E-state index contributed by atoms with van der Waals surface area (Å²) in [6.45, 7) is 5.27. The molecular formula is C18H24N2O. The molecule has 0 aliphatic heterocycles. The molecule has 0 aliphatic rings. The summed E-state index contributed by atoms with van der Waals surface area (Å²) in [5, 5.41) is 3.62. The van der Waals surface area contributed by atoms with Crippen molar-refractivity contribution in [2.45, 2.75) is 32.7 Å². The number of hydrogen-bond donors (Lipinski definition) is 1. The van der Waals surface area contributed by atoms with Crippen molar-refractivity contribution in [1.82, 2.24) is 10.3 Å². The lowest BCUT2D eigenvalue weighted by Gasteiger charge is -2.21. The highest BCUT2D eigenvalue weighted by Crippen LogP contribution is 2.27. The van der Waals surface area contributed by atoms with Crippen molar-refractivity contribution < 1.29 is 4.74 Å². The minimum Gasteiger partial charge on any atom is -0.496 e. The number of para-hydroxylation sites is 1. The molecule has 0 saturated heterocycles. The van der Waals surface area contributed by atoms with Gasteiger partial charge >= 0.3 is 0 Å². The zero-order valence-electron chi connectivity index (χ0n) is 13.1. The van der Waals surface area contributed by atoms with Crippen molar-refractivity contribution in [2.24, 2.45) is 0 Å². The molecule has 1 aromatic heterocycles. The Morgan fingerprint density at radius 2 is 2.00 bits per heavy atom. The fourth-order valence-corrected chi connectivity index (χ4v) is 2.49. The number of benzene rings is 1. The molecule has 3 heteroatoms. The molecule has 0 bridgehead atoms. The molecule has 21 heavy (non-hydrogen) atoms. The van der Waals surface area contributed by atoms with Crippen LogP contribution in [0.2, 0.25) is 0 Å². The van der Waals surface area contributed by atoms with Gasteiger partial charge in [0.15, 0.2) is 0 Å². The Hall–Kier alpha value is -1.87. The summed E-state index contributed by atoms with van der Waals surface area (Å²) in [6.07, 6.45) is 3.83. The van der Waals surface area contributed by atoms with E-state index < -0.39 is 0 Å². The Morgan fingerprint density at radius 3 is 2.71 bits per heavy atom. The van der Waals surface area contributed by atoms with Crippen LogP contribution >= 0.6 is 0 Å². The predicted molar refractivity (Wildman–Crippen MR) is 86.7 cm³/mol. The number of nitrogens with one attached hydrogen (secondary N) is 1. The van der Waals surface area contributed by atoms with E-state index in [0.717, 1.165) is 30.8 Å². The molecule has 1 aromatic carbocycles. The lowest BCUT2D eigenvalue weighted by atomic mass is 9.98. The predicted octanol–water partition coefficient (Wildman–Crippen LogP) is 3.68. The Kier molecular flexibility index (Phi) is 5.76. The van der Waals surface area contributed by atoms with Gasteiger partial charge in [0.25, 0.3) is 0 Å². The largest absolute Gasteiger partial charge is 0.496 e. The van der Waals surface area contributed by atoms with Crippen LogP contribution in [0.15, 0.2) is 42.6 Å². The first-order valence-electron chi connectivity index (χ1n) is 7.53. The first kappa shape index (κ1) is 15.5. The minimum absolute atomic E-state index is 0.217. The number of nitrogens with zero attached hydrogens (tertiary/aromatic N) is 1. The van der Waals surface area contributed by atoms with E-state index in [1.807, 2.05) is 24.4 Å². The summed E-state index contributed by atoms with van der Waals surface area (Å²) >= 11 is 0. The SMILES string of the molecule is CCCNC(Cc1ncccc1C)c1ccccc1OC. The molecule has 112 valence electrons. The summed E-state index contributed by atoms with van der Waals surface area (Å²) in [7, 11) is 1.72. The topological polar surface area (TPSA) is 34.2 Å². The van der Waals surface area contributed by atoms with Crippen LogP contribution in [0.1, 0.15) is 36.2 Å². The van der Waals surface area contributed by atoms with Gasteiger partial charge in [-0.2, -0.15) is 0 Å². The second-order valence-corrected chi connectivity index (χ2v) is 5.22. The maximum absolute atomic E-state index is 5.51. The summed E-state index contributed by atoms with van der Waals surface area (Å²) in [5.41, 5.74) is 3.56. The van der Waals surface area contributed by atoms with Gasteiger partial charge in [0, 0.05) is 29.9 Å². The smallest absolute Gasteiger partial charge is 0.123 e. The number of pyridine rings is 1. The number of rotatable bonds is 7. The van der Waals surface area contributed by atoms with Crippen LogP contribution in [0.4, 0.5) is 0 Å². The minimum atomic E-state index is 0.217. The maximum atomic E-state index is 5.51. The Morgan fingerprint density at radius 1 is 1.19 bits per heavy atom. The molecule has 1 heterocycles. The quantitative estimate of drug-likeness (QED) is 0.842. The summed E-state index contributed by atoms with van der Waals surface area (Å²) in [4.78, 5) is 4.53. The van der Waals surface area contributed by atoms with Gasteiger partial charge in [-0.3, -0.25) is 4.98 Å². The fourth-order valence-electron chi connectivity index (χ4n) is 2.49. The lowest BCUT2D eigenvalue weighted by molar-refractivity contribution is 0.397. The van der Waals surface area contributed by atoms with Crippen LogP contribution in [0.25, 0.3) is 0 Å². The molecule has 1 atom stereocenters. The standard InChI is InChI=1S/C18H24N2O/c1-4-11-19-17(13-16-14(2)8-7-12-20-16)15-9-5-6-10-18(15)21-3/h5-10,12,17,19H,4,11,13H2,1-3H3. The molecule has 0 spiro atoms. The number of aryl methyl sites for hydroxylation is 1. The summed E-state index contributed by atoms with van der Waals surface area (Å²) < 4.78 is 5.51. The van der Waals surface area contributed by atoms with E-state index >= 15 is 0 Å². The van der Waals surface area contributed by atoms with E-state index in [2.05, 4.69) is 42.3 Å². The highest BCUT2D eigenvalue weighted by Gasteiger charge is 2.17. The Bertz CT molecular complexity index is 569. The maximum Gasteiger partial charge on any atom is 0.123 e. The van der Waals surface area contributed by atoms with Gasteiger partial charge in [0.1, 0.15) is 5.75 Å². The Labute approximate surface area is 127 Å².